The predicted molar refractivity (Wildman–Crippen MR) is 78.6 cm³/mol. The summed E-state index contributed by atoms with van der Waals surface area (Å²) in [5.41, 5.74) is 7.24. The number of rotatable bonds is 4. The van der Waals surface area contributed by atoms with Gasteiger partial charge in [-0.2, -0.15) is 0 Å². The third-order valence-electron chi connectivity index (χ3n) is 3.42. The molecule has 1 aromatic heterocycles. The number of esters is 1. The summed E-state index contributed by atoms with van der Waals surface area (Å²) in [4.78, 5) is 20.7. The summed E-state index contributed by atoms with van der Waals surface area (Å²) in [6.45, 7) is 6.08. The number of aromatic nitrogens is 2. The van der Waals surface area contributed by atoms with Crippen LogP contribution in [0.5, 0.6) is 0 Å². The van der Waals surface area contributed by atoms with Gasteiger partial charge in [-0.3, -0.25) is 4.79 Å². The fraction of sp³-hybridized carbons (Fsp3) is 0.643. The van der Waals surface area contributed by atoms with Crippen LogP contribution in [0.2, 0.25) is 0 Å². The summed E-state index contributed by atoms with van der Waals surface area (Å²) in [7, 11) is 0. The quantitative estimate of drug-likeness (QED) is 0.676. The number of aryl methyl sites for hydroxylation is 2. The van der Waals surface area contributed by atoms with Gasteiger partial charge in [0.25, 0.3) is 0 Å². The standard InChI is InChI=1S/C14H21N3O2S/c1-4-19-12(18)14(15)6-5-11(8-14)20-13-16-9(2)7-10(3)17-13/h7,11H,4-6,8,15H2,1-3H3. The monoisotopic (exact) mass is 295 g/mol. The van der Waals surface area contributed by atoms with E-state index in [0.29, 0.717) is 19.4 Å². The van der Waals surface area contributed by atoms with Crippen LogP contribution >= 0.6 is 11.8 Å². The molecular formula is C14H21N3O2S. The fourth-order valence-corrected chi connectivity index (χ4v) is 3.79. The van der Waals surface area contributed by atoms with Crippen LogP contribution in [0.4, 0.5) is 0 Å². The van der Waals surface area contributed by atoms with Crippen molar-refractivity contribution in [2.75, 3.05) is 6.61 Å². The Hall–Kier alpha value is -1.14. The molecule has 2 unspecified atom stereocenters. The molecule has 0 saturated heterocycles. The molecule has 1 aliphatic carbocycles. The number of hydrogen-bond donors (Lipinski definition) is 1. The second kappa shape index (κ2) is 6.10. The highest BCUT2D eigenvalue weighted by Crippen LogP contribution is 2.38. The molecule has 1 saturated carbocycles. The van der Waals surface area contributed by atoms with E-state index in [0.717, 1.165) is 23.0 Å². The molecule has 1 heterocycles. The molecule has 2 rings (SSSR count). The minimum Gasteiger partial charge on any atom is -0.465 e. The Morgan fingerprint density at radius 1 is 1.50 bits per heavy atom. The average molecular weight is 295 g/mol. The van der Waals surface area contributed by atoms with E-state index in [1.807, 2.05) is 19.9 Å². The maximum Gasteiger partial charge on any atom is 0.326 e. The van der Waals surface area contributed by atoms with Crippen molar-refractivity contribution in [3.05, 3.63) is 17.5 Å². The van der Waals surface area contributed by atoms with E-state index in [-0.39, 0.29) is 11.2 Å². The molecule has 110 valence electrons. The van der Waals surface area contributed by atoms with Gasteiger partial charge >= 0.3 is 5.97 Å². The zero-order valence-corrected chi connectivity index (χ0v) is 13.0. The number of thioether (sulfide) groups is 1. The van der Waals surface area contributed by atoms with Crippen LogP contribution in [0.1, 0.15) is 37.6 Å². The van der Waals surface area contributed by atoms with Crippen molar-refractivity contribution in [2.24, 2.45) is 5.73 Å². The molecule has 1 fully saturated rings. The lowest BCUT2D eigenvalue weighted by Gasteiger charge is -2.21. The largest absolute Gasteiger partial charge is 0.465 e. The third kappa shape index (κ3) is 3.49. The summed E-state index contributed by atoms with van der Waals surface area (Å²) >= 11 is 1.61. The van der Waals surface area contributed by atoms with Gasteiger partial charge in [0.15, 0.2) is 5.16 Å². The topological polar surface area (TPSA) is 78.1 Å². The summed E-state index contributed by atoms with van der Waals surface area (Å²) in [6, 6.07) is 1.95. The van der Waals surface area contributed by atoms with Gasteiger partial charge in [-0.15, -0.1) is 0 Å². The van der Waals surface area contributed by atoms with E-state index < -0.39 is 5.54 Å². The fourth-order valence-electron chi connectivity index (χ4n) is 2.49. The Labute approximate surface area is 123 Å². The Bertz CT molecular complexity index is 489. The smallest absolute Gasteiger partial charge is 0.326 e. The number of hydrogen-bond acceptors (Lipinski definition) is 6. The highest BCUT2D eigenvalue weighted by atomic mass is 32.2. The number of nitrogens with zero attached hydrogens (tertiary/aromatic N) is 2. The molecule has 0 aromatic carbocycles. The van der Waals surface area contributed by atoms with Crippen LogP contribution in [0.25, 0.3) is 0 Å². The van der Waals surface area contributed by atoms with Crippen LogP contribution in [0, 0.1) is 13.8 Å². The second-order valence-electron chi connectivity index (χ2n) is 5.29. The predicted octanol–water partition coefficient (Wildman–Crippen LogP) is 2.00. The number of carbonyl (C=O) groups is 1. The minimum atomic E-state index is -0.841. The SMILES string of the molecule is CCOC(=O)C1(N)CCC(Sc2nc(C)cc(C)n2)C1. The zero-order chi connectivity index (χ0) is 14.8. The van der Waals surface area contributed by atoms with Gasteiger partial charge < -0.3 is 10.5 Å². The summed E-state index contributed by atoms with van der Waals surface area (Å²) in [5, 5.41) is 1.03. The lowest BCUT2D eigenvalue weighted by Crippen LogP contribution is -2.47. The van der Waals surface area contributed by atoms with E-state index >= 15 is 0 Å². The molecule has 0 spiro atoms. The van der Waals surface area contributed by atoms with Crippen molar-refractivity contribution in [1.29, 1.82) is 0 Å². The van der Waals surface area contributed by atoms with Crippen molar-refractivity contribution in [3.8, 4) is 0 Å². The zero-order valence-electron chi connectivity index (χ0n) is 12.2. The van der Waals surface area contributed by atoms with Crippen LogP contribution in [0.3, 0.4) is 0 Å². The van der Waals surface area contributed by atoms with Gasteiger partial charge in [0.05, 0.1) is 6.61 Å². The molecule has 0 bridgehead atoms. The summed E-state index contributed by atoms with van der Waals surface area (Å²) in [5.74, 6) is -0.288. The lowest BCUT2D eigenvalue weighted by molar-refractivity contribution is -0.149. The maximum atomic E-state index is 11.9. The van der Waals surface area contributed by atoms with Crippen molar-refractivity contribution >= 4 is 17.7 Å². The molecule has 2 atom stereocenters. The first kappa shape index (κ1) is 15.3. The van der Waals surface area contributed by atoms with Crippen LogP contribution in [-0.4, -0.2) is 33.3 Å². The molecule has 0 radical (unpaired) electrons. The van der Waals surface area contributed by atoms with Gasteiger partial charge in [0, 0.05) is 16.6 Å². The Kier molecular flexibility index (Phi) is 4.65. The minimum absolute atomic E-state index is 0.269. The first-order chi connectivity index (χ1) is 9.43. The highest BCUT2D eigenvalue weighted by molar-refractivity contribution is 7.99. The van der Waals surface area contributed by atoms with E-state index in [1.54, 1.807) is 18.7 Å². The van der Waals surface area contributed by atoms with Gasteiger partial charge in [-0.05, 0) is 46.1 Å². The maximum absolute atomic E-state index is 11.9. The summed E-state index contributed by atoms with van der Waals surface area (Å²) < 4.78 is 5.06. The number of carbonyl (C=O) groups excluding carboxylic acids is 1. The van der Waals surface area contributed by atoms with Crippen LogP contribution < -0.4 is 5.73 Å². The molecule has 1 aliphatic rings. The van der Waals surface area contributed by atoms with Crippen LogP contribution in [0.15, 0.2) is 11.2 Å². The highest BCUT2D eigenvalue weighted by Gasteiger charge is 2.43. The van der Waals surface area contributed by atoms with E-state index in [4.69, 9.17) is 10.5 Å². The van der Waals surface area contributed by atoms with Crippen LogP contribution in [-0.2, 0) is 9.53 Å². The third-order valence-corrected chi connectivity index (χ3v) is 4.55. The second-order valence-corrected chi connectivity index (χ2v) is 6.56. The lowest BCUT2D eigenvalue weighted by atomic mass is 10.00. The Morgan fingerprint density at radius 3 is 2.75 bits per heavy atom. The molecule has 2 N–H and O–H groups in total. The van der Waals surface area contributed by atoms with E-state index in [1.165, 1.54) is 0 Å². The van der Waals surface area contributed by atoms with Crippen molar-refractivity contribution in [2.45, 2.75) is 56.0 Å². The average Bonchev–Trinajstić information content (AvgIpc) is 2.71. The normalized spacial score (nSPS) is 25.7. The van der Waals surface area contributed by atoms with Crippen molar-refractivity contribution in [1.82, 2.24) is 9.97 Å². The number of ether oxygens (including phenoxy) is 1. The Balaban J connectivity index is 2.01. The number of nitrogens with two attached hydrogens (primary N) is 1. The van der Waals surface area contributed by atoms with Gasteiger partial charge in [-0.25, -0.2) is 9.97 Å². The van der Waals surface area contributed by atoms with Gasteiger partial charge in [0.1, 0.15) is 5.54 Å². The van der Waals surface area contributed by atoms with Gasteiger partial charge in [0.2, 0.25) is 0 Å². The molecule has 5 nitrogen and oxygen atoms in total. The van der Waals surface area contributed by atoms with Gasteiger partial charge in [-0.1, -0.05) is 11.8 Å². The molecule has 0 aliphatic heterocycles. The van der Waals surface area contributed by atoms with E-state index in [9.17, 15) is 4.79 Å². The molecule has 0 amide bonds. The first-order valence-electron chi connectivity index (χ1n) is 6.88. The molecule has 6 heteroatoms. The summed E-state index contributed by atoms with van der Waals surface area (Å²) in [6.07, 6.45) is 2.16. The Morgan fingerprint density at radius 2 is 2.15 bits per heavy atom. The van der Waals surface area contributed by atoms with Crippen molar-refractivity contribution in [3.63, 3.8) is 0 Å². The molecule has 1 aromatic rings. The molecule has 20 heavy (non-hydrogen) atoms. The van der Waals surface area contributed by atoms with Crippen molar-refractivity contribution < 1.29 is 9.53 Å². The first-order valence-corrected chi connectivity index (χ1v) is 7.76. The molecular weight excluding hydrogens is 274 g/mol. The van der Waals surface area contributed by atoms with E-state index in [2.05, 4.69) is 9.97 Å².